The van der Waals surface area contributed by atoms with Crippen LogP contribution in [0.4, 0.5) is 5.69 Å². The molecule has 2 rings (SSSR count). The average molecular weight is 324 g/mol. The molecule has 0 amide bonds. The summed E-state index contributed by atoms with van der Waals surface area (Å²) in [7, 11) is 0. The third-order valence-corrected chi connectivity index (χ3v) is 3.96. The highest BCUT2D eigenvalue weighted by molar-refractivity contribution is 9.10. The quantitative estimate of drug-likeness (QED) is 0.860. The van der Waals surface area contributed by atoms with E-state index in [2.05, 4.69) is 33.8 Å². The largest absolute Gasteiger partial charge is 0.478 e. The van der Waals surface area contributed by atoms with Crippen molar-refractivity contribution in [2.24, 2.45) is 5.92 Å². The Morgan fingerprint density at radius 2 is 2.26 bits per heavy atom. The molecule has 1 aliphatic rings. The van der Waals surface area contributed by atoms with Gasteiger partial charge in [-0.1, -0.05) is 22.9 Å². The predicted molar refractivity (Wildman–Crippen MR) is 81.4 cm³/mol. The van der Waals surface area contributed by atoms with Crippen LogP contribution in [0.1, 0.15) is 25.8 Å². The Balaban J connectivity index is 2.38. The summed E-state index contributed by atoms with van der Waals surface area (Å²) >= 11 is 3.45. The number of rotatable bonds is 3. The fourth-order valence-electron chi connectivity index (χ4n) is 2.38. The van der Waals surface area contributed by atoms with E-state index in [4.69, 9.17) is 5.11 Å². The number of carboxylic acid groups (broad SMARTS) is 1. The fourth-order valence-corrected chi connectivity index (χ4v) is 2.76. The maximum absolute atomic E-state index is 11.0. The Kier molecular flexibility index (Phi) is 4.30. The summed E-state index contributed by atoms with van der Waals surface area (Å²) in [5.74, 6) is -0.179. The summed E-state index contributed by atoms with van der Waals surface area (Å²) in [6, 6.07) is 6.04. The molecular weight excluding hydrogens is 306 g/mol. The lowest BCUT2D eigenvalue weighted by Gasteiger charge is -2.21. The zero-order valence-electron chi connectivity index (χ0n) is 11.2. The standard InChI is InChI=1S/C15H18BrNO2/c1-10-5-6-17(9-10)14-4-3-13(16)8-12(14)7-11(2)15(18)19/h3-4,7-8,10H,5-6,9H2,1-2H3,(H,18,19). The third kappa shape index (κ3) is 3.38. The number of halogens is 1. The molecule has 1 aromatic carbocycles. The second-order valence-electron chi connectivity index (χ2n) is 5.18. The van der Waals surface area contributed by atoms with Crippen LogP contribution in [0.15, 0.2) is 28.2 Å². The van der Waals surface area contributed by atoms with Gasteiger partial charge in [-0.05, 0) is 49.1 Å². The molecule has 0 aromatic heterocycles. The van der Waals surface area contributed by atoms with Crippen molar-refractivity contribution in [3.63, 3.8) is 0 Å². The van der Waals surface area contributed by atoms with E-state index in [1.165, 1.54) is 6.42 Å². The van der Waals surface area contributed by atoms with Crippen molar-refractivity contribution in [2.45, 2.75) is 20.3 Å². The molecule has 1 unspecified atom stereocenters. The van der Waals surface area contributed by atoms with Crippen LogP contribution in [0.3, 0.4) is 0 Å². The number of hydrogen-bond donors (Lipinski definition) is 1. The van der Waals surface area contributed by atoms with Crippen molar-refractivity contribution in [1.29, 1.82) is 0 Å². The molecule has 1 aliphatic heterocycles. The Hall–Kier alpha value is -1.29. The van der Waals surface area contributed by atoms with E-state index < -0.39 is 5.97 Å². The average Bonchev–Trinajstić information content (AvgIpc) is 2.75. The normalized spacial score (nSPS) is 19.8. The first kappa shape index (κ1) is 14.1. The van der Waals surface area contributed by atoms with Gasteiger partial charge in [0.2, 0.25) is 0 Å². The molecule has 0 spiro atoms. The summed E-state index contributed by atoms with van der Waals surface area (Å²) in [6.45, 7) is 5.95. The number of hydrogen-bond acceptors (Lipinski definition) is 2. The number of nitrogens with zero attached hydrogens (tertiary/aromatic N) is 1. The van der Waals surface area contributed by atoms with E-state index in [9.17, 15) is 4.79 Å². The van der Waals surface area contributed by atoms with Crippen LogP contribution < -0.4 is 4.90 Å². The first-order valence-corrected chi connectivity index (χ1v) is 7.23. The first-order valence-electron chi connectivity index (χ1n) is 6.43. The second-order valence-corrected chi connectivity index (χ2v) is 6.09. The molecule has 1 heterocycles. The highest BCUT2D eigenvalue weighted by Gasteiger charge is 2.20. The van der Waals surface area contributed by atoms with Crippen molar-refractivity contribution >= 4 is 33.7 Å². The summed E-state index contributed by atoms with van der Waals surface area (Å²) < 4.78 is 0.966. The molecule has 0 bridgehead atoms. The molecule has 0 radical (unpaired) electrons. The van der Waals surface area contributed by atoms with Gasteiger partial charge in [0, 0.05) is 28.8 Å². The van der Waals surface area contributed by atoms with E-state index in [0.29, 0.717) is 11.5 Å². The van der Waals surface area contributed by atoms with Crippen LogP contribution in [0.5, 0.6) is 0 Å². The summed E-state index contributed by atoms with van der Waals surface area (Å²) in [5, 5.41) is 9.02. The number of anilines is 1. The van der Waals surface area contributed by atoms with Crippen LogP contribution in [0, 0.1) is 5.92 Å². The lowest BCUT2D eigenvalue weighted by Crippen LogP contribution is -2.20. The van der Waals surface area contributed by atoms with Crippen LogP contribution in [0.2, 0.25) is 0 Å². The highest BCUT2D eigenvalue weighted by Crippen LogP contribution is 2.30. The van der Waals surface area contributed by atoms with E-state index in [1.54, 1.807) is 13.0 Å². The predicted octanol–water partition coefficient (Wildman–Crippen LogP) is 3.78. The second kappa shape index (κ2) is 5.78. The lowest BCUT2D eigenvalue weighted by atomic mass is 10.1. The van der Waals surface area contributed by atoms with Gasteiger partial charge in [0.15, 0.2) is 0 Å². The summed E-state index contributed by atoms with van der Waals surface area (Å²) in [6.07, 6.45) is 2.93. The smallest absolute Gasteiger partial charge is 0.331 e. The van der Waals surface area contributed by atoms with Gasteiger partial charge < -0.3 is 10.0 Å². The van der Waals surface area contributed by atoms with Crippen molar-refractivity contribution in [1.82, 2.24) is 0 Å². The first-order chi connectivity index (χ1) is 8.97. The van der Waals surface area contributed by atoms with Gasteiger partial charge in [-0.2, -0.15) is 0 Å². The van der Waals surface area contributed by atoms with Crippen LogP contribution in [-0.4, -0.2) is 24.2 Å². The molecule has 1 saturated heterocycles. The lowest BCUT2D eigenvalue weighted by molar-refractivity contribution is -0.132. The van der Waals surface area contributed by atoms with E-state index in [1.807, 2.05) is 12.1 Å². The third-order valence-electron chi connectivity index (χ3n) is 3.46. The minimum absolute atomic E-state index is 0.353. The van der Waals surface area contributed by atoms with Gasteiger partial charge >= 0.3 is 5.97 Å². The molecule has 1 atom stereocenters. The molecule has 4 heteroatoms. The maximum atomic E-state index is 11.0. The number of carbonyl (C=O) groups is 1. The van der Waals surface area contributed by atoms with E-state index in [-0.39, 0.29) is 0 Å². The highest BCUT2D eigenvalue weighted by atomic mass is 79.9. The SMILES string of the molecule is CC(=Cc1cc(Br)ccc1N1CCC(C)C1)C(=O)O. The Labute approximate surface area is 122 Å². The zero-order valence-corrected chi connectivity index (χ0v) is 12.8. The van der Waals surface area contributed by atoms with Gasteiger partial charge in [-0.3, -0.25) is 0 Å². The molecule has 19 heavy (non-hydrogen) atoms. The van der Waals surface area contributed by atoms with Gasteiger partial charge in [0.1, 0.15) is 0 Å². The maximum Gasteiger partial charge on any atom is 0.331 e. The van der Waals surface area contributed by atoms with Crippen molar-refractivity contribution in [3.8, 4) is 0 Å². The Bertz CT molecular complexity index is 525. The summed E-state index contributed by atoms with van der Waals surface area (Å²) in [4.78, 5) is 13.3. The van der Waals surface area contributed by atoms with Crippen molar-refractivity contribution < 1.29 is 9.90 Å². The summed E-state index contributed by atoms with van der Waals surface area (Å²) in [5.41, 5.74) is 2.43. The van der Waals surface area contributed by atoms with Crippen molar-refractivity contribution in [3.05, 3.63) is 33.8 Å². The minimum Gasteiger partial charge on any atom is -0.478 e. The topological polar surface area (TPSA) is 40.5 Å². The zero-order chi connectivity index (χ0) is 14.0. The number of carboxylic acids is 1. The fraction of sp³-hybridized carbons (Fsp3) is 0.400. The molecular formula is C15H18BrNO2. The molecule has 0 aliphatic carbocycles. The Morgan fingerprint density at radius 1 is 1.53 bits per heavy atom. The molecule has 102 valence electrons. The molecule has 3 nitrogen and oxygen atoms in total. The molecule has 1 N–H and O–H groups in total. The molecule has 1 fully saturated rings. The Morgan fingerprint density at radius 3 is 2.84 bits per heavy atom. The van der Waals surface area contributed by atoms with Crippen LogP contribution in [0.25, 0.3) is 6.08 Å². The van der Waals surface area contributed by atoms with Gasteiger partial charge in [-0.15, -0.1) is 0 Å². The van der Waals surface area contributed by atoms with Crippen molar-refractivity contribution in [2.75, 3.05) is 18.0 Å². The van der Waals surface area contributed by atoms with Crippen LogP contribution >= 0.6 is 15.9 Å². The van der Waals surface area contributed by atoms with Gasteiger partial charge in [0.25, 0.3) is 0 Å². The number of aliphatic carboxylic acids is 1. The van der Waals surface area contributed by atoms with E-state index in [0.717, 1.165) is 28.8 Å². The minimum atomic E-state index is -0.874. The van der Waals surface area contributed by atoms with E-state index >= 15 is 0 Å². The van der Waals surface area contributed by atoms with Gasteiger partial charge in [-0.25, -0.2) is 4.79 Å². The molecule has 0 saturated carbocycles. The van der Waals surface area contributed by atoms with Gasteiger partial charge in [0.05, 0.1) is 0 Å². The monoisotopic (exact) mass is 323 g/mol. The van der Waals surface area contributed by atoms with Crippen LogP contribution in [-0.2, 0) is 4.79 Å². The molecule has 1 aromatic rings. The number of benzene rings is 1.